The number of aromatic nitrogens is 4. The quantitative estimate of drug-likeness (QED) is 0.104. The molecule has 3 aromatic rings. The predicted octanol–water partition coefficient (Wildman–Crippen LogP) is 4.33. The molecular weight excluding hydrogens is 652 g/mol. The SMILES string of the molecule is CC(=O)Oc1cc(-c2scnc2C)ccc1C(C)=NC(=O)[C@@H]1C[C@@H](OC(C)=O)CN1C(=O)[C@H](C(C)C)n1cc(OCCCCCCO)nn1. The van der Waals surface area contributed by atoms with Crippen LogP contribution in [-0.4, -0.2) is 91.4 Å². The van der Waals surface area contributed by atoms with Crippen molar-refractivity contribution >= 4 is 40.8 Å². The maximum atomic E-state index is 14.2. The van der Waals surface area contributed by atoms with Gasteiger partial charge in [-0.2, -0.15) is 0 Å². The smallest absolute Gasteiger partial charge is 0.308 e. The van der Waals surface area contributed by atoms with Gasteiger partial charge in [0.05, 0.1) is 41.1 Å². The molecule has 1 aromatic carbocycles. The second kappa shape index (κ2) is 17.2. The number of aliphatic hydroxyl groups excluding tert-OH is 1. The van der Waals surface area contributed by atoms with Gasteiger partial charge in [-0.05, 0) is 56.7 Å². The molecular formula is C34H44N6O8S. The van der Waals surface area contributed by atoms with Gasteiger partial charge in [0, 0.05) is 32.4 Å². The highest BCUT2D eigenvalue weighted by molar-refractivity contribution is 7.13. The van der Waals surface area contributed by atoms with Crippen LogP contribution in [0.1, 0.15) is 84.0 Å². The Kier molecular flexibility index (Phi) is 13.1. The first-order valence-electron chi connectivity index (χ1n) is 16.3. The van der Waals surface area contributed by atoms with Crippen LogP contribution in [0.4, 0.5) is 0 Å². The van der Waals surface area contributed by atoms with E-state index in [1.54, 1.807) is 30.8 Å². The van der Waals surface area contributed by atoms with Gasteiger partial charge in [0.1, 0.15) is 23.9 Å². The van der Waals surface area contributed by atoms with Crippen LogP contribution in [0.5, 0.6) is 11.6 Å². The first-order chi connectivity index (χ1) is 23.4. The van der Waals surface area contributed by atoms with Crippen molar-refractivity contribution in [1.29, 1.82) is 0 Å². The number of carbonyl (C=O) groups is 4. The molecule has 1 saturated heterocycles. The number of carbonyl (C=O) groups excluding carboxylic acids is 4. The van der Waals surface area contributed by atoms with E-state index in [0.29, 0.717) is 12.2 Å². The molecule has 1 aliphatic heterocycles. The summed E-state index contributed by atoms with van der Waals surface area (Å²) in [6.07, 6.45) is 4.24. The Hall–Kier alpha value is -4.50. The van der Waals surface area contributed by atoms with E-state index in [-0.39, 0.29) is 42.8 Å². The summed E-state index contributed by atoms with van der Waals surface area (Å²) in [4.78, 5) is 62.9. The lowest BCUT2D eigenvalue weighted by Gasteiger charge is -2.28. The average Bonchev–Trinajstić information content (AvgIpc) is 3.78. The van der Waals surface area contributed by atoms with E-state index < -0.39 is 41.9 Å². The molecule has 0 unspecified atom stereocenters. The van der Waals surface area contributed by atoms with E-state index in [1.807, 2.05) is 26.8 Å². The fourth-order valence-corrected chi connectivity index (χ4v) is 6.56. The molecule has 3 atom stereocenters. The molecule has 2 amide bonds. The summed E-state index contributed by atoms with van der Waals surface area (Å²) in [5.74, 6) is -1.81. The van der Waals surface area contributed by atoms with Crippen molar-refractivity contribution in [2.45, 2.75) is 91.8 Å². The summed E-state index contributed by atoms with van der Waals surface area (Å²) in [6.45, 7) is 10.4. The van der Waals surface area contributed by atoms with Crippen molar-refractivity contribution in [2.24, 2.45) is 10.9 Å². The highest BCUT2D eigenvalue weighted by Gasteiger charge is 2.44. The first kappa shape index (κ1) is 37.3. The van der Waals surface area contributed by atoms with E-state index in [9.17, 15) is 19.2 Å². The van der Waals surface area contributed by atoms with Gasteiger partial charge in [-0.1, -0.05) is 36.6 Å². The lowest BCUT2D eigenvalue weighted by atomic mass is 10.0. The summed E-state index contributed by atoms with van der Waals surface area (Å²) in [7, 11) is 0. The average molecular weight is 697 g/mol. The Balaban J connectivity index is 1.58. The predicted molar refractivity (Wildman–Crippen MR) is 181 cm³/mol. The minimum atomic E-state index is -1.03. The summed E-state index contributed by atoms with van der Waals surface area (Å²) in [5, 5.41) is 17.2. The molecule has 0 spiro atoms. The molecule has 1 aliphatic rings. The number of hydrogen-bond donors (Lipinski definition) is 1. The number of esters is 2. The lowest BCUT2D eigenvalue weighted by Crippen LogP contribution is -2.45. The van der Waals surface area contributed by atoms with E-state index in [1.165, 1.54) is 34.8 Å². The number of rotatable bonds is 15. The maximum Gasteiger partial charge on any atom is 0.308 e. The number of nitrogens with zero attached hydrogens (tertiary/aromatic N) is 6. The Morgan fingerprint density at radius 1 is 1.08 bits per heavy atom. The maximum absolute atomic E-state index is 14.2. The molecule has 14 nitrogen and oxygen atoms in total. The highest BCUT2D eigenvalue weighted by Crippen LogP contribution is 2.33. The topological polar surface area (TPSA) is 175 Å². The van der Waals surface area contributed by atoms with Gasteiger partial charge in [-0.25, -0.2) is 14.7 Å². The second-order valence-electron chi connectivity index (χ2n) is 12.3. The molecule has 49 heavy (non-hydrogen) atoms. The molecule has 3 heterocycles. The molecule has 0 saturated carbocycles. The Morgan fingerprint density at radius 3 is 2.49 bits per heavy atom. The van der Waals surface area contributed by atoms with Crippen LogP contribution in [0.25, 0.3) is 10.4 Å². The van der Waals surface area contributed by atoms with Crippen LogP contribution in [0.15, 0.2) is 34.9 Å². The molecule has 15 heteroatoms. The first-order valence-corrected chi connectivity index (χ1v) is 17.2. The second-order valence-corrected chi connectivity index (χ2v) is 13.1. The number of thiazole rings is 1. The van der Waals surface area contributed by atoms with Crippen molar-refractivity contribution < 1.29 is 38.5 Å². The number of unbranched alkanes of at least 4 members (excludes halogenated alkanes) is 3. The van der Waals surface area contributed by atoms with E-state index in [2.05, 4.69) is 20.3 Å². The fraction of sp³-hybridized carbons (Fsp3) is 0.529. The van der Waals surface area contributed by atoms with E-state index in [4.69, 9.17) is 19.3 Å². The largest absolute Gasteiger partial charge is 0.475 e. The van der Waals surface area contributed by atoms with Crippen LogP contribution in [0.2, 0.25) is 0 Å². The Bertz CT molecular complexity index is 1670. The van der Waals surface area contributed by atoms with Crippen LogP contribution < -0.4 is 9.47 Å². The zero-order chi connectivity index (χ0) is 35.7. The van der Waals surface area contributed by atoms with Crippen LogP contribution in [0.3, 0.4) is 0 Å². The zero-order valence-corrected chi connectivity index (χ0v) is 29.6. The van der Waals surface area contributed by atoms with Gasteiger partial charge in [0.25, 0.3) is 11.8 Å². The highest BCUT2D eigenvalue weighted by atomic mass is 32.1. The lowest BCUT2D eigenvalue weighted by molar-refractivity contribution is -0.147. The molecule has 1 fully saturated rings. The van der Waals surface area contributed by atoms with Crippen molar-refractivity contribution in [1.82, 2.24) is 24.9 Å². The standard InChI is InChI=1S/C34H44N6O8S/c1-20(2)31(40-18-30(37-38-40)46-14-10-8-7-9-13-41)34(45)39-17-26(47-23(5)42)16-28(39)33(44)36-21(3)27-12-11-25(15-29(27)48-24(6)43)32-22(4)35-19-49-32/h11-12,15,18-20,26,28,31,41H,7-10,13-14,16-17H2,1-6H3/t26-,28+,31+/m1/s1. The summed E-state index contributed by atoms with van der Waals surface area (Å²) in [5.41, 5.74) is 4.09. The Labute approximate surface area is 289 Å². The van der Waals surface area contributed by atoms with Gasteiger partial charge in [0.15, 0.2) is 0 Å². The minimum Gasteiger partial charge on any atom is -0.475 e. The number of amides is 2. The van der Waals surface area contributed by atoms with Gasteiger partial charge in [-0.3, -0.25) is 19.2 Å². The molecule has 1 N–H and O–H groups in total. The normalized spacial score (nSPS) is 16.9. The zero-order valence-electron chi connectivity index (χ0n) is 28.7. The van der Waals surface area contributed by atoms with Crippen LogP contribution in [-0.2, 0) is 23.9 Å². The van der Waals surface area contributed by atoms with Crippen molar-refractivity contribution in [3.05, 3.63) is 41.2 Å². The number of aliphatic imine (C=N–C) groups is 1. The van der Waals surface area contributed by atoms with Crippen LogP contribution in [0, 0.1) is 12.8 Å². The monoisotopic (exact) mass is 696 g/mol. The molecule has 4 rings (SSSR count). The van der Waals surface area contributed by atoms with E-state index in [0.717, 1.165) is 41.8 Å². The summed E-state index contributed by atoms with van der Waals surface area (Å²) in [6, 6.07) is 3.43. The number of aliphatic hydroxyl groups is 1. The van der Waals surface area contributed by atoms with Crippen molar-refractivity contribution in [3.63, 3.8) is 0 Å². The molecule has 0 radical (unpaired) electrons. The number of aryl methyl sites for hydroxylation is 1. The van der Waals surface area contributed by atoms with Crippen molar-refractivity contribution in [2.75, 3.05) is 19.8 Å². The third kappa shape index (κ3) is 9.79. The van der Waals surface area contributed by atoms with Crippen LogP contribution >= 0.6 is 11.3 Å². The van der Waals surface area contributed by atoms with E-state index >= 15 is 0 Å². The van der Waals surface area contributed by atoms with Gasteiger partial charge >= 0.3 is 11.9 Å². The molecule has 0 aliphatic carbocycles. The van der Waals surface area contributed by atoms with Gasteiger partial charge in [-0.15, -0.1) is 11.3 Å². The minimum absolute atomic E-state index is 0.0000961. The molecule has 2 aromatic heterocycles. The molecule has 264 valence electrons. The Morgan fingerprint density at radius 2 is 1.84 bits per heavy atom. The van der Waals surface area contributed by atoms with Crippen molar-refractivity contribution in [3.8, 4) is 22.1 Å². The summed E-state index contributed by atoms with van der Waals surface area (Å²) < 4.78 is 18.1. The third-order valence-corrected chi connectivity index (χ3v) is 9.01. The number of likely N-dealkylation sites (tertiary alicyclic amines) is 1. The van der Waals surface area contributed by atoms with Gasteiger partial charge in [0.2, 0.25) is 5.91 Å². The number of ether oxygens (including phenoxy) is 3. The third-order valence-electron chi connectivity index (χ3n) is 8.04. The molecule has 0 bridgehead atoms. The summed E-state index contributed by atoms with van der Waals surface area (Å²) >= 11 is 1.46. The fourth-order valence-electron chi connectivity index (χ4n) is 5.76. The number of benzene rings is 1. The number of hydrogen-bond acceptors (Lipinski definition) is 12. The van der Waals surface area contributed by atoms with Gasteiger partial charge < -0.3 is 24.2 Å².